The zero-order valence-corrected chi connectivity index (χ0v) is 13.7. The number of hydrogen-bond acceptors (Lipinski definition) is 4. The van der Waals surface area contributed by atoms with E-state index in [0.717, 1.165) is 10.2 Å². The molecule has 0 bridgehead atoms. The monoisotopic (exact) mass is 362 g/mol. The first-order valence-electron chi connectivity index (χ1n) is 6.01. The molecule has 0 aliphatic carbocycles. The van der Waals surface area contributed by atoms with E-state index >= 15 is 0 Å². The molecule has 0 aliphatic heterocycles. The molecule has 0 aliphatic rings. The maximum absolute atomic E-state index is 11.4. The normalized spacial score (nSPS) is 10.2. The third-order valence-electron chi connectivity index (χ3n) is 2.79. The van der Waals surface area contributed by atoms with Gasteiger partial charge in [-0.25, -0.2) is 9.78 Å². The molecule has 6 heteroatoms. The first kappa shape index (κ1) is 15.5. The van der Waals surface area contributed by atoms with Crippen LogP contribution in [0.3, 0.4) is 0 Å². The second-order valence-corrected chi connectivity index (χ2v) is 6.37. The predicted octanol–water partition coefficient (Wildman–Crippen LogP) is 4.18. The minimum absolute atomic E-state index is 0.178. The quantitative estimate of drug-likeness (QED) is 0.886. The van der Waals surface area contributed by atoms with Crippen LogP contribution < -0.4 is 0 Å². The topological polar surface area (TPSA) is 74.0 Å². The molecular formula is C15H11BrN2O2S. The van der Waals surface area contributed by atoms with E-state index < -0.39 is 5.97 Å². The summed E-state index contributed by atoms with van der Waals surface area (Å²) in [5, 5.41) is 18.9. The number of benzene rings is 1. The number of halogens is 1. The Morgan fingerprint density at radius 3 is 2.71 bits per heavy atom. The van der Waals surface area contributed by atoms with Crippen LogP contribution in [0.4, 0.5) is 0 Å². The zero-order valence-electron chi connectivity index (χ0n) is 11.3. The molecule has 0 unspecified atom stereocenters. The zero-order chi connectivity index (χ0) is 15.6. The lowest BCUT2D eigenvalue weighted by molar-refractivity contribution is 0.0691. The number of nitrogens with zero attached hydrogens (tertiary/aromatic N) is 2. The third-order valence-corrected chi connectivity index (χ3v) is 4.35. The van der Waals surface area contributed by atoms with E-state index in [1.54, 1.807) is 25.1 Å². The van der Waals surface area contributed by atoms with Gasteiger partial charge in [-0.3, -0.25) is 0 Å². The molecule has 0 spiro atoms. The average Bonchev–Trinajstić information content (AvgIpc) is 2.39. The lowest BCUT2D eigenvalue weighted by Crippen LogP contribution is -2.05. The van der Waals surface area contributed by atoms with E-state index in [9.17, 15) is 15.2 Å². The van der Waals surface area contributed by atoms with Gasteiger partial charge in [-0.1, -0.05) is 27.7 Å². The smallest absolute Gasteiger partial charge is 0.338 e. The number of hydrogen-bond donors (Lipinski definition) is 1. The van der Waals surface area contributed by atoms with E-state index in [-0.39, 0.29) is 5.56 Å². The van der Waals surface area contributed by atoms with Crippen LogP contribution in [0.1, 0.15) is 27.2 Å². The van der Waals surface area contributed by atoms with E-state index in [4.69, 9.17) is 0 Å². The van der Waals surface area contributed by atoms with Crippen LogP contribution in [0.2, 0.25) is 0 Å². The highest BCUT2D eigenvalue weighted by Crippen LogP contribution is 2.34. The van der Waals surface area contributed by atoms with E-state index in [0.29, 0.717) is 21.0 Å². The standard InChI is InChI=1S/C15H11BrN2O2S/c1-8-5-9(2)18-14(13(8)15(19)20)21-12-4-3-11(16)6-10(12)7-17/h3-6H,1-2H3,(H,19,20). The average molecular weight is 363 g/mol. The second kappa shape index (κ2) is 6.29. The number of aromatic nitrogens is 1. The Morgan fingerprint density at radius 1 is 1.38 bits per heavy atom. The minimum atomic E-state index is -1.02. The maximum atomic E-state index is 11.4. The summed E-state index contributed by atoms with van der Waals surface area (Å²) in [4.78, 5) is 16.4. The summed E-state index contributed by atoms with van der Waals surface area (Å²) in [6.07, 6.45) is 0. The molecule has 1 aromatic carbocycles. The van der Waals surface area contributed by atoms with Crippen molar-refractivity contribution in [2.24, 2.45) is 0 Å². The predicted molar refractivity (Wildman–Crippen MR) is 83.7 cm³/mol. The Morgan fingerprint density at radius 2 is 2.10 bits per heavy atom. The van der Waals surface area contributed by atoms with Crippen molar-refractivity contribution in [3.63, 3.8) is 0 Å². The molecule has 1 N–H and O–H groups in total. The summed E-state index contributed by atoms with van der Waals surface area (Å²) < 4.78 is 0.801. The van der Waals surface area contributed by atoms with Gasteiger partial charge in [0.1, 0.15) is 11.1 Å². The maximum Gasteiger partial charge on any atom is 0.338 e. The number of aromatic carboxylic acids is 1. The number of carboxylic acids is 1. The van der Waals surface area contributed by atoms with Crippen molar-refractivity contribution in [1.82, 2.24) is 4.98 Å². The molecule has 2 aromatic rings. The second-order valence-electron chi connectivity index (χ2n) is 4.42. The van der Waals surface area contributed by atoms with Gasteiger partial charge in [-0.15, -0.1) is 0 Å². The summed E-state index contributed by atoms with van der Waals surface area (Å²) in [5.41, 5.74) is 2.06. The summed E-state index contributed by atoms with van der Waals surface area (Å²) in [5.74, 6) is -1.02. The highest BCUT2D eigenvalue weighted by molar-refractivity contribution is 9.10. The van der Waals surface area contributed by atoms with Gasteiger partial charge in [0.05, 0.1) is 11.1 Å². The first-order valence-corrected chi connectivity index (χ1v) is 7.62. The molecule has 0 atom stereocenters. The fourth-order valence-corrected chi connectivity index (χ4v) is 3.38. The van der Waals surface area contributed by atoms with Crippen LogP contribution in [0.25, 0.3) is 0 Å². The highest BCUT2D eigenvalue weighted by Gasteiger charge is 2.18. The molecule has 0 saturated heterocycles. The van der Waals surface area contributed by atoms with Gasteiger partial charge >= 0.3 is 5.97 Å². The van der Waals surface area contributed by atoms with Crippen molar-refractivity contribution in [3.05, 3.63) is 51.1 Å². The van der Waals surface area contributed by atoms with Gasteiger partial charge in [0, 0.05) is 15.1 Å². The molecule has 106 valence electrons. The molecule has 1 aromatic heterocycles. The van der Waals surface area contributed by atoms with Crippen molar-refractivity contribution in [3.8, 4) is 6.07 Å². The van der Waals surface area contributed by atoms with Crippen LogP contribution in [-0.4, -0.2) is 16.1 Å². The Hall–Kier alpha value is -1.84. The largest absolute Gasteiger partial charge is 0.478 e. The van der Waals surface area contributed by atoms with Crippen molar-refractivity contribution < 1.29 is 9.90 Å². The summed E-state index contributed by atoms with van der Waals surface area (Å²) in [6, 6.07) is 9.13. The Balaban J connectivity index is 2.54. The Kier molecular flexibility index (Phi) is 4.66. The number of carbonyl (C=O) groups is 1. The van der Waals surface area contributed by atoms with Gasteiger partial charge in [-0.2, -0.15) is 5.26 Å². The lowest BCUT2D eigenvalue weighted by atomic mass is 10.1. The Labute approximate surface area is 135 Å². The third kappa shape index (κ3) is 3.43. The first-order chi connectivity index (χ1) is 9.92. The highest BCUT2D eigenvalue weighted by atomic mass is 79.9. The number of aryl methyl sites for hydroxylation is 2. The van der Waals surface area contributed by atoms with E-state index in [2.05, 4.69) is 27.0 Å². The van der Waals surface area contributed by atoms with Gasteiger partial charge < -0.3 is 5.11 Å². The lowest BCUT2D eigenvalue weighted by Gasteiger charge is -2.10. The van der Waals surface area contributed by atoms with Crippen LogP contribution in [-0.2, 0) is 0 Å². The van der Waals surface area contributed by atoms with Gasteiger partial charge in [0.2, 0.25) is 0 Å². The molecule has 0 fully saturated rings. The summed E-state index contributed by atoms with van der Waals surface area (Å²) in [6.45, 7) is 3.56. The van der Waals surface area contributed by atoms with Crippen molar-refractivity contribution >= 4 is 33.7 Å². The van der Waals surface area contributed by atoms with Crippen molar-refractivity contribution in [2.75, 3.05) is 0 Å². The van der Waals surface area contributed by atoms with Gasteiger partial charge in [0.25, 0.3) is 0 Å². The van der Waals surface area contributed by atoms with Crippen molar-refractivity contribution in [2.45, 2.75) is 23.8 Å². The number of carboxylic acid groups (broad SMARTS) is 1. The van der Waals surface area contributed by atoms with E-state index in [1.807, 2.05) is 13.0 Å². The number of rotatable bonds is 3. The molecule has 4 nitrogen and oxygen atoms in total. The van der Waals surface area contributed by atoms with Crippen LogP contribution in [0.5, 0.6) is 0 Å². The molecule has 21 heavy (non-hydrogen) atoms. The van der Waals surface area contributed by atoms with Crippen molar-refractivity contribution in [1.29, 1.82) is 5.26 Å². The summed E-state index contributed by atoms with van der Waals surface area (Å²) >= 11 is 4.51. The molecule has 0 radical (unpaired) electrons. The SMILES string of the molecule is Cc1cc(C)c(C(=O)O)c(Sc2ccc(Br)cc2C#N)n1. The molecule has 0 amide bonds. The van der Waals surface area contributed by atoms with Crippen LogP contribution in [0, 0.1) is 25.2 Å². The Bertz CT molecular complexity index is 769. The molecule has 0 saturated carbocycles. The molecule has 1 heterocycles. The summed E-state index contributed by atoms with van der Waals surface area (Å²) in [7, 11) is 0. The molecule has 2 rings (SSSR count). The number of nitriles is 1. The minimum Gasteiger partial charge on any atom is -0.478 e. The van der Waals surface area contributed by atoms with Gasteiger partial charge in [0.15, 0.2) is 0 Å². The molecular weight excluding hydrogens is 352 g/mol. The van der Waals surface area contributed by atoms with Crippen LogP contribution >= 0.6 is 27.7 Å². The fourth-order valence-electron chi connectivity index (χ4n) is 1.92. The van der Waals surface area contributed by atoms with Crippen LogP contribution in [0.15, 0.2) is 38.7 Å². The fraction of sp³-hybridized carbons (Fsp3) is 0.133. The van der Waals surface area contributed by atoms with Gasteiger partial charge in [-0.05, 0) is 43.7 Å². The van der Waals surface area contributed by atoms with E-state index in [1.165, 1.54) is 11.8 Å². The number of pyridine rings is 1.